The van der Waals surface area contributed by atoms with E-state index in [4.69, 9.17) is 4.74 Å². The van der Waals surface area contributed by atoms with Crippen molar-refractivity contribution in [1.29, 1.82) is 0 Å². The number of ether oxygens (including phenoxy) is 1. The smallest absolute Gasteiger partial charge is 0.128 e. The minimum absolute atomic E-state index is 0.257. The predicted octanol–water partition coefficient (Wildman–Crippen LogP) is 2.86. The second kappa shape index (κ2) is 4.96. The zero-order valence-corrected chi connectivity index (χ0v) is 11.4. The van der Waals surface area contributed by atoms with Gasteiger partial charge in [-0.2, -0.15) is 5.10 Å². The second-order valence-electron chi connectivity index (χ2n) is 4.79. The van der Waals surface area contributed by atoms with Crippen molar-refractivity contribution in [2.75, 3.05) is 19.0 Å². The molecule has 0 amide bonds. The van der Waals surface area contributed by atoms with Crippen LogP contribution in [-0.2, 0) is 6.42 Å². The maximum absolute atomic E-state index is 5.49. The van der Waals surface area contributed by atoms with Gasteiger partial charge in [0.15, 0.2) is 0 Å². The molecule has 0 saturated carbocycles. The summed E-state index contributed by atoms with van der Waals surface area (Å²) in [4.78, 5) is 0. The average molecular weight is 257 g/mol. The Labute approximate surface area is 113 Å². The minimum atomic E-state index is 0.257. The van der Waals surface area contributed by atoms with Gasteiger partial charge in [-0.1, -0.05) is 25.1 Å². The van der Waals surface area contributed by atoms with E-state index in [2.05, 4.69) is 34.2 Å². The van der Waals surface area contributed by atoms with E-state index in [-0.39, 0.29) is 6.04 Å². The molecular weight excluding hydrogens is 238 g/mol. The van der Waals surface area contributed by atoms with Gasteiger partial charge in [-0.15, -0.1) is 0 Å². The molecule has 1 aromatic carbocycles. The SMILES string of the molecule is CCc1cnn2c1NCCC2c1ccccc1OC. The number of aromatic nitrogens is 2. The van der Waals surface area contributed by atoms with Crippen LogP contribution >= 0.6 is 0 Å². The predicted molar refractivity (Wildman–Crippen MR) is 75.8 cm³/mol. The van der Waals surface area contributed by atoms with E-state index in [1.54, 1.807) is 7.11 Å². The molecule has 4 heteroatoms. The van der Waals surface area contributed by atoms with Gasteiger partial charge in [0, 0.05) is 17.7 Å². The van der Waals surface area contributed by atoms with Crippen LogP contribution in [0.5, 0.6) is 5.75 Å². The van der Waals surface area contributed by atoms with Gasteiger partial charge < -0.3 is 10.1 Å². The van der Waals surface area contributed by atoms with Crippen LogP contribution in [0.2, 0.25) is 0 Å². The Hall–Kier alpha value is -1.97. The first-order valence-electron chi connectivity index (χ1n) is 6.78. The van der Waals surface area contributed by atoms with Gasteiger partial charge in [0.1, 0.15) is 11.6 Å². The molecule has 3 rings (SSSR count). The van der Waals surface area contributed by atoms with E-state index in [1.807, 2.05) is 18.3 Å². The van der Waals surface area contributed by atoms with Gasteiger partial charge in [-0.05, 0) is 18.9 Å². The summed E-state index contributed by atoms with van der Waals surface area (Å²) in [5.41, 5.74) is 2.48. The highest BCUT2D eigenvalue weighted by Crippen LogP contribution is 2.35. The lowest BCUT2D eigenvalue weighted by Crippen LogP contribution is -2.25. The van der Waals surface area contributed by atoms with Crippen molar-refractivity contribution in [3.8, 4) is 5.75 Å². The van der Waals surface area contributed by atoms with Gasteiger partial charge in [-0.3, -0.25) is 0 Å². The minimum Gasteiger partial charge on any atom is -0.496 e. The quantitative estimate of drug-likeness (QED) is 0.919. The fourth-order valence-corrected chi connectivity index (χ4v) is 2.77. The van der Waals surface area contributed by atoms with Gasteiger partial charge in [0.25, 0.3) is 0 Å². The molecule has 4 nitrogen and oxygen atoms in total. The molecule has 0 fully saturated rings. The van der Waals surface area contributed by atoms with E-state index in [9.17, 15) is 0 Å². The molecule has 0 radical (unpaired) electrons. The normalized spacial score (nSPS) is 17.7. The highest BCUT2D eigenvalue weighted by atomic mass is 16.5. The van der Waals surface area contributed by atoms with Crippen LogP contribution in [0.1, 0.15) is 30.5 Å². The number of aryl methyl sites for hydroxylation is 1. The highest BCUT2D eigenvalue weighted by Gasteiger charge is 2.25. The second-order valence-corrected chi connectivity index (χ2v) is 4.79. The highest BCUT2D eigenvalue weighted by molar-refractivity contribution is 5.48. The first-order chi connectivity index (χ1) is 9.35. The summed E-state index contributed by atoms with van der Waals surface area (Å²) in [5.74, 6) is 2.10. The Morgan fingerprint density at radius 3 is 3.05 bits per heavy atom. The number of hydrogen-bond acceptors (Lipinski definition) is 3. The van der Waals surface area contributed by atoms with Crippen molar-refractivity contribution >= 4 is 5.82 Å². The number of rotatable bonds is 3. The Morgan fingerprint density at radius 2 is 2.26 bits per heavy atom. The fourth-order valence-electron chi connectivity index (χ4n) is 2.77. The number of anilines is 1. The number of nitrogens with zero attached hydrogens (tertiary/aromatic N) is 2. The fraction of sp³-hybridized carbons (Fsp3) is 0.400. The third kappa shape index (κ3) is 1.97. The van der Waals surface area contributed by atoms with E-state index < -0.39 is 0 Å². The van der Waals surface area contributed by atoms with Crippen LogP contribution in [0.25, 0.3) is 0 Å². The van der Waals surface area contributed by atoms with Gasteiger partial charge in [0.05, 0.1) is 19.3 Å². The molecule has 1 unspecified atom stereocenters. The zero-order valence-electron chi connectivity index (χ0n) is 11.4. The molecule has 2 heterocycles. The Kier molecular flexibility index (Phi) is 3.15. The molecule has 1 aliphatic rings. The molecule has 1 aromatic heterocycles. The van der Waals surface area contributed by atoms with E-state index in [0.29, 0.717) is 0 Å². The summed E-state index contributed by atoms with van der Waals surface area (Å²) >= 11 is 0. The van der Waals surface area contributed by atoms with Crippen molar-refractivity contribution < 1.29 is 4.74 Å². The Balaban J connectivity index is 2.06. The van der Waals surface area contributed by atoms with Gasteiger partial charge >= 0.3 is 0 Å². The van der Waals surface area contributed by atoms with Crippen LogP contribution in [0.15, 0.2) is 30.5 Å². The molecule has 1 atom stereocenters. The van der Waals surface area contributed by atoms with Gasteiger partial charge in [-0.25, -0.2) is 4.68 Å². The maximum atomic E-state index is 5.49. The van der Waals surface area contributed by atoms with E-state index >= 15 is 0 Å². The molecule has 100 valence electrons. The molecular formula is C15H19N3O. The zero-order chi connectivity index (χ0) is 13.2. The Morgan fingerprint density at radius 1 is 1.42 bits per heavy atom. The Bertz CT molecular complexity index is 577. The summed E-state index contributed by atoms with van der Waals surface area (Å²) in [7, 11) is 1.72. The van der Waals surface area contributed by atoms with Crippen LogP contribution in [0.3, 0.4) is 0 Å². The van der Waals surface area contributed by atoms with Crippen LogP contribution < -0.4 is 10.1 Å². The molecule has 1 N–H and O–H groups in total. The van der Waals surface area contributed by atoms with Crippen molar-refractivity contribution in [2.45, 2.75) is 25.8 Å². The van der Waals surface area contributed by atoms with Crippen molar-refractivity contribution in [3.05, 3.63) is 41.6 Å². The molecule has 0 spiro atoms. The molecule has 0 aliphatic carbocycles. The summed E-state index contributed by atoms with van der Waals surface area (Å²) < 4.78 is 7.58. The van der Waals surface area contributed by atoms with Gasteiger partial charge in [0.2, 0.25) is 0 Å². The topological polar surface area (TPSA) is 39.1 Å². The molecule has 0 saturated heterocycles. The standard InChI is InChI=1S/C15H19N3O/c1-3-11-10-17-18-13(8-9-16-15(11)18)12-6-4-5-7-14(12)19-2/h4-7,10,13,16H,3,8-9H2,1-2H3. The number of para-hydroxylation sites is 1. The lowest BCUT2D eigenvalue weighted by atomic mass is 10.0. The van der Waals surface area contributed by atoms with Crippen molar-refractivity contribution in [1.82, 2.24) is 9.78 Å². The average Bonchev–Trinajstić information content (AvgIpc) is 2.90. The summed E-state index contributed by atoms with van der Waals surface area (Å²) in [6.07, 6.45) is 4.00. The van der Waals surface area contributed by atoms with E-state index in [0.717, 1.165) is 31.0 Å². The lowest BCUT2D eigenvalue weighted by molar-refractivity contribution is 0.391. The molecule has 1 aliphatic heterocycles. The van der Waals surface area contributed by atoms with Crippen LogP contribution in [-0.4, -0.2) is 23.4 Å². The number of fused-ring (bicyclic) bond motifs is 1. The molecule has 19 heavy (non-hydrogen) atoms. The first kappa shape index (κ1) is 12.1. The third-order valence-electron chi connectivity index (χ3n) is 3.76. The summed E-state index contributed by atoms with van der Waals surface area (Å²) in [6.45, 7) is 3.13. The number of methoxy groups -OCH3 is 1. The monoisotopic (exact) mass is 257 g/mol. The summed E-state index contributed by atoms with van der Waals surface area (Å²) in [5, 5.41) is 8.02. The lowest BCUT2D eigenvalue weighted by Gasteiger charge is -2.27. The number of benzene rings is 1. The summed E-state index contributed by atoms with van der Waals surface area (Å²) in [6, 6.07) is 8.47. The van der Waals surface area contributed by atoms with Crippen LogP contribution in [0.4, 0.5) is 5.82 Å². The number of nitrogens with one attached hydrogen (secondary N) is 1. The van der Waals surface area contributed by atoms with E-state index in [1.165, 1.54) is 11.1 Å². The molecule has 2 aromatic rings. The number of hydrogen-bond donors (Lipinski definition) is 1. The largest absolute Gasteiger partial charge is 0.496 e. The third-order valence-corrected chi connectivity index (χ3v) is 3.76. The molecule has 0 bridgehead atoms. The first-order valence-corrected chi connectivity index (χ1v) is 6.78. The van der Waals surface area contributed by atoms with Crippen molar-refractivity contribution in [2.24, 2.45) is 0 Å². The van der Waals surface area contributed by atoms with Crippen LogP contribution in [0, 0.1) is 0 Å². The van der Waals surface area contributed by atoms with Crippen molar-refractivity contribution in [3.63, 3.8) is 0 Å². The maximum Gasteiger partial charge on any atom is 0.128 e.